The predicted molar refractivity (Wildman–Crippen MR) is 101 cm³/mol. The van der Waals surface area contributed by atoms with Gasteiger partial charge in [-0.2, -0.15) is 0 Å². The van der Waals surface area contributed by atoms with Crippen LogP contribution in [-0.4, -0.2) is 37.0 Å². The first kappa shape index (κ1) is 22.2. The molecule has 4 nitrogen and oxygen atoms in total. The number of halogens is 2. The lowest BCUT2D eigenvalue weighted by Crippen LogP contribution is -2.37. The molecule has 3 N–H and O–H groups in total. The number of hydrogen-bond acceptors (Lipinski definition) is 3. The van der Waals surface area contributed by atoms with E-state index >= 15 is 0 Å². The number of nitrogens with zero attached hydrogens (tertiary/aromatic N) is 1. The van der Waals surface area contributed by atoms with Crippen molar-refractivity contribution in [2.45, 2.75) is 38.6 Å². The van der Waals surface area contributed by atoms with E-state index < -0.39 is 6.04 Å². The molecule has 1 fully saturated rings. The van der Waals surface area contributed by atoms with Gasteiger partial charge in [-0.3, -0.25) is 4.79 Å². The van der Waals surface area contributed by atoms with Crippen molar-refractivity contribution in [2.75, 3.05) is 26.2 Å². The van der Waals surface area contributed by atoms with E-state index in [9.17, 15) is 4.79 Å². The lowest BCUT2D eigenvalue weighted by Gasteiger charge is -2.26. The van der Waals surface area contributed by atoms with Crippen LogP contribution in [-0.2, 0) is 4.79 Å². The maximum atomic E-state index is 12.0. The number of nitrogens with one attached hydrogen (secondary N) is 1. The van der Waals surface area contributed by atoms with Crippen molar-refractivity contribution in [1.29, 1.82) is 0 Å². The molecule has 1 aliphatic heterocycles. The lowest BCUT2D eigenvalue weighted by atomic mass is 10.1. The molecule has 1 saturated heterocycles. The fourth-order valence-corrected chi connectivity index (χ4v) is 2.73. The zero-order valence-electron chi connectivity index (χ0n) is 13.8. The highest BCUT2D eigenvalue weighted by Crippen LogP contribution is 2.11. The van der Waals surface area contributed by atoms with Crippen molar-refractivity contribution >= 4 is 30.7 Å². The highest BCUT2D eigenvalue weighted by Gasteiger charge is 2.15. The normalized spacial score (nSPS) is 15.9. The summed E-state index contributed by atoms with van der Waals surface area (Å²) in [5.41, 5.74) is 8.03. The molecule has 0 saturated carbocycles. The summed E-state index contributed by atoms with van der Waals surface area (Å²) in [7, 11) is 0. The van der Waals surface area contributed by atoms with Gasteiger partial charge in [0.1, 0.15) is 6.04 Å². The Balaban J connectivity index is 0.00000242. The first-order valence-electron chi connectivity index (χ1n) is 7.99. The van der Waals surface area contributed by atoms with Crippen LogP contribution in [0.3, 0.4) is 0 Å². The zero-order chi connectivity index (χ0) is 15.1. The van der Waals surface area contributed by atoms with Gasteiger partial charge in [-0.15, -0.1) is 24.8 Å². The van der Waals surface area contributed by atoms with Crippen LogP contribution in [0.2, 0.25) is 0 Å². The maximum Gasteiger partial charge on any atom is 0.241 e. The highest BCUT2D eigenvalue weighted by atomic mass is 35.5. The summed E-state index contributed by atoms with van der Waals surface area (Å²) in [6, 6.07) is 7.25. The average molecular weight is 362 g/mol. The number of rotatable bonds is 6. The Hall–Kier alpha value is -0.810. The number of benzene rings is 1. The van der Waals surface area contributed by atoms with E-state index in [-0.39, 0.29) is 30.7 Å². The lowest BCUT2D eigenvalue weighted by molar-refractivity contribution is -0.122. The molecule has 1 atom stereocenters. The first-order chi connectivity index (χ1) is 10.2. The largest absolute Gasteiger partial charge is 0.354 e. The van der Waals surface area contributed by atoms with Crippen LogP contribution in [0.5, 0.6) is 0 Å². The van der Waals surface area contributed by atoms with Crippen molar-refractivity contribution in [1.82, 2.24) is 10.2 Å². The van der Waals surface area contributed by atoms with Gasteiger partial charge in [-0.1, -0.05) is 36.2 Å². The molecule has 0 spiro atoms. The number of likely N-dealkylation sites (tertiary alicyclic amines) is 1. The average Bonchev–Trinajstić information content (AvgIpc) is 2.52. The van der Waals surface area contributed by atoms with Gasteiger partial charge in [0.15, 0.2) is 0 Å². The van der Waals surface area contributed by atoms with Crippen molar-refractivity contribution in [3.8, 4) is 0 Å². The molecule has 23 heavy (non-hydrogen) atoms. The van der Waals surface area contributed by atoms with E-state index in [0.717, 1.165) is 18.5 Å². The van der Waals surface area contributed by atoms with Gasteiger partial charge in [0.05, 0.1) is 0 Å². The SMILES string of the molecule is Cc1ccc(C(N)C(=O)NCCCN2CCCCC2)cc1.Cl.Cl. The van der Waals surface area contributed by atoms with Gasteiger partial charge in [0.25, 0.3) is 0 Å². The second kappa shape index (κ2) is 11.7. The van der Waals surface area contributed by atoms with Gasteiger partial charge in [-0.05, 0) is 51.4 Å². The Kier molecular flexibility index (Phi) is 11.3. The molecule has 1 unspecified atom stereocenters. The molecule has 2 rings (SSSR count). The summed E-state index contributed by atoms with van der Waals surface area (Å²) in [5, 5.41) is 2.94. The topological polar surface area (TPSA) is 58.4 Å². The monoisotopic (exact) mass is 361 g/mol. The summed E-state index contributed by atoms with van der Waals surface area (Å²) in [5.74, 6) is -0.0857. The highest BCUT2D eigenvalue weighted by molar-refractivity contribution is 5.85. The third kappa shape index (κ3) is 7.53. The third-order valence-electron chi connectivity index (χ3n) is 4.12. The summed E-state index contributed by atoms with van der Waals surface area (Å²) in [6.45, 7) is 6.21. The smallest absolute Gasteiger partial charge is 0.241 e. The molecule has 6 heteroatoms. The fraction of sp³-hybridized carbons (Fsp3) is 0.588. The van der Waals surface area contributed by atoms with E-state index in [1.54, 1.807) is 0 Å². The number of nitrogens with two attached hydrogens (primary N) is 1. The van der Waals surface area contributed by atoms with E-state index in [1.807, 2.05) is 31.2 Å². The molecule has 0 bridgehead atoms. The summed E-state index contributed by atoms with van der Waals surface area (Å²) >= 11 is 0. The van der Waals surface area contributed by atoms with Gasteiger partial charge >= 0.3 is 0 Å². The Morgan fingerprint density at radius 1 is 1.17 bits per heavy atom. The second-order valence-corrected chi connectivity index (χ2v) is 5.94. The molecule has 1 amide bonds. The van der Waals surface area contributed by atoms with Crippen molar-refractivity contribution in [2.24, 2.45) is 5.73 Å². The number of hydrogen-bond donors (Lipinski definition) is 2. The number of carbonyl (C=O) groups is 1. The van der Waals surface area contributed by atoms with Crippen LogP contribution >= 0.6 is 24.8 Å². The van der Waals surface area contributed by atoms with E-state index in [4.69, 9.17) is 5.73 Å². The van der Waals surface area contributed by atoms with Gasteiger partial charge in [0.2, 0.25) is 5.91 Å². The Morgan fingerprint density at radius 3 is 2.39 bits per heavy atom. The molecule has 0 radical (unpaired) electrons. The van der Waals surface area contributed by atoms with E-state index in [1.165, 1.54) is 37.9 Å². The Morgan fingerprint density at radius 2 is 1.78 bits per heavy atom. The summed E-state index contributed by atoms with van der Waals surface area (Å²) < 4.78 is 0. The van der Waals surface area contributed by atoms with Crippen LogP contribution in [0.1, 0.15) is 42.9 Å². The molecule has 132 valence electrons. The number of amides is 1. The van der Waals surface area contributed by atoms with E-state index in [2.05, 4.69) is 10.2 Å². The van der Waals surface area contributed by atoms with Crippen molar-refractivity contribution in [3.63, 3.8) is 0 Å². The number of carbonyl (C=O) groups excluding carboxylic acids is 1. The summed E-state index contributed by atoms with van der Waals surface area (Å²) in [6.07, 6.45) is 4.97. The molecular formula is C17H29Cl2N3O. The minimum atomic E-state index is -0.569. The zero-order valence-corrected chi connectivity index (χ0v) is 15.4. The quantitative estimate of drug-likeness (QED) is 0.765. The first-order valence-corrected chi connectivity index (χ1v) is 7.99. The van der Waals surface area contributed by atoms with Crippen LogP contribution in [0.4, 0.5) is 0 Å². The summed E-state index contributed by atoms with van der Waals surface area (Å²) in [4.78, 5) is 14.5. The standard InChI is InChI=1S/C17H27N3O.2ClH/c1-14-6-8-15(9-7-14)16(18)17(21)19-10-5-13-20-11-3-2-4-12-20;;/h6-9,16H,2-5,10-13,18H2,1H3,(H,19,21);2*1H. The van der Waals surface area contributed by atoms with Gasteiger partial charge < -0.3 is 16.0 Å². The second-order valence-electron chi connectivity index (χ2n) is 5.94. The maximum absolute atomic E-state index is 12.0. The minimum Gasteiger partial charge on any atom is -0.354 e. The predicted octanol–water partition coefficient (Wildman–Crippen LogP) is 2.83. The number of aryl methyl sites for hydroxylation is 1. The Bertz CT molecular complexity index is 448. The van der Waals surface area contributed by atoms with Crippen LogP contribution in [0, 0.1) is 6.92 Å². The fourth-order valence-electron chi connectivity index (χ4n) is 2.73. The van der Waals surface area contributed by atoms with Crippen molar-refractivity contribution in [3.05, 3.63) is 35.4 Å². The molecule has 0 aliphatic carbocycles. The van der Waals surface area contributed by atoms with Crippen LogP contribution in [0.25, 0.3) is 0 Å². The molecule has 1 aromatic rings. The van der Waals surface area contributed by atoms with Crippen molar-refractivity contribution < 1.29 is 4.79 Å². The number of piperidine rings is 1. The van der Waals surface area contributed by atoms with E-state index in [0.29, 0.717) is 6.54 Å². The molecule has 1 aromatic carbocycles. The van der Waals surface area contributed by atoms with Crippen LogP contribution < -0.4 is 11.1 Å². The molecule has 0 aromatic heterocycles. The minimum absolute atomic E-state index is 0. The van der Waals surface area contributed by atoms with Crippen LogP contribution in [0.15, 0.2) is 24.3 Å². The molecule has 1 heterocycles. The van der Waals surface area contributed by atoms with Gasteiger partial charge in [0, 0.05) is 6.54 Å². The van der Waals surface area contributed by atoms with Gasteiger partial charge in [-0.25, -0.2) is 0 Å². The Labute approximate surface area is 152 Å². The molecule has 1 aliphatic rings. The molecular weight excluding hydrogens is 333 g/mol. The third-order valence-corrected chi connectivity index (χ3v) is 4.12.